The first-order valence-corrected chi connectivity index (χ1v) is 6.93. The lowest BCUT2D eigenvalue weighted by molar-refractivity contribution is -0.0498. The smallest absolute Gasteiger partial charge is 0.387 e. The van der Waals surface area contributed by atoms with Crippen LogP contribution in [0.4, 0.5) is 13.9 Å². The van der Waals surface area contributed by atoms with Gasteiger partial charge < -0.3 is 9.64 Å². The van der Waals surface area contributed by atoms with Crippen LogP contribution in [0.5, 0.6) is 5.75 Å². The lowest BCUT2D eigenvalue weighted by atomic mass is 10.2. The Hall–Kier alpha value is -1.76. The monoisotopic (exact) mass is 299 g/mol. The van der Waals surface area contributed by atoms with Crippen molar-refractivity contribution in [3.05, 3.63) is 35.7 Å². The topological polar surface area (TPSA) is 38.2 Å². The van der Waals surface area contributed by atoms with Gasteiger partial charge in [-0.3, -0.25) is 0 Å². The summed E-state index contributed by atoms with van der Waals surface area (Å²) < 4.78 is 32.6. The minimum atomic E-state index is -2.79. The molecule has 0 aliphatic carbocycles. The van der Waals surface area contributed by atoms with Crippen molar-refractivity contribution in [3.63, 3.8) is 0 Å². The molecule has 20 heavy (non-hydrogen) atoms. The zero-order valence-corrected chi connectivity index (χ0v) is 12.0. The molecule has 0 fully saturated rings. The van der Waals surface area contributed by atoms with Gasteiger partial charge in [-0.15, -0.1) is 0 Å². The van der Waals surface area contributed by atoms with Crippen molar-refractivity contribution in [3.8, 4) is 5.75 Å². The summed E-state index contributed by atoms with van der Waals surface area (Å²) in [5, 5.41) is 0.842. The molecule has 1 heterocycles. The van der Waals surface area contributed by atoms with Crippen molar-refractivity contribution in [2.24, 2.45) is 0 Å². The summed E-state index contributed by atoms with van der Waals surface area (Å²) in [5.74, 6) is 0.994. The number of aryl methyl sites for hydroxylation is 1. The fourth-order valence-electron chi connectivity index (χ4n) is 1.66. The summed E-state index contributed by atoms with van der Waals surface area (Å²) in [6.07, 6.45) is 0.810. The number of nitrogens with zero attached hydrogens (tertiary/aromatic N) is 3. The van der Waals surface area contributed by atoms with E-state index in [1.165, 1.54) is 23.7 Å². The van der Waals surface area contributed by atoms with E-state index >= 15 is 0 Å². The number of ether oxygens (including phenoxy) is 1. The Morgan fingerprint density at radius 1 is 1.30 bits per heavy atom. The summed E-state index contributed by atoms with van der Waals surface area (Å²) in [5.41, 5.74) is 0.988. The third-order valence-corrected chi connectivity index (χ3v) is 3.54. The normalized spacial score (nSPS) is 10.8. The fourth-order valence-corrected chi connectivity index (χ4v) is 2.37. The number of halogens is 2. The minimum absolute atomic E-state index is 0.163. The molecule has 1 aromatic carbocycles. The lowest BCUT2D eigenvalue weighted by Gasteiger charge is -2.15. The maximum atomic E-state index is 12.0. The van der Waals surface area contributed by atoms with E-state index in [1.54, 1.807) is 12.1 Å². The maximum absolute atomic E-state index is 12.0. The van der Waals surface area contributed by atoms with E-state index in [4.69, 9.17) is 0 Å². The van der Waals surface area contributed by atoms with Gasteiger partial charge in [0.2, 0.25) is 5.13 Å². The van der Waals surface area contributed by atoms with E-state index < -0.39 is 6.61 Å². The molecule has 0 saturated carbocycles. The number of alkyl halides is 2. The first-order valence-electron chi connectivity index (χ1n) is 6.16. The van der Waals surface area contributed by atoms with Gasteiger partial charge in [-0.25, -0.2) is 4.98 Å². The van der Waals surface area contributed by atoms with Gasteiger partial charge in [0.25, 0.3) is 0 Å². The maximum Gasteiger partial charge on any atom is 0.387 e. The summed E-state index contributed by atoms with van der Waals surface area (Å²) in [7, 11) is 1.92. The second kappa shape index (κ2) is 6.60. The molecule has 0 saturated heterocycles. The quantitative estimate of drug-likeness (QED) is 0.820. The zero-order chi connectivity index (χ0) is 14.5. The zero-order valence-electron chi connectivity index (χ0n) is 11.2. The Kier molecular flexibility index (Phi) is 4.84. The number of hydrogen-bond acceptors (Lipinski definition) is 5. The molecule has 2 rings (SSSR count). The van der Waals surface area contributed by atoms with Crippen LogP contribution < -0.4 is 9.64 Å². The standard InChI is InChI=1S/C13H15F2N3OS/c1-3-11-16-13(20-17-11)18(2)8-9-4-6-10(7-5-9)19-12(14)15/h4-7,12H,3,8H2,1-2H3. The molecule has 0 unspecified atom stereocenters. The Bertz CT molecular complexity index is 545. The Morgan fingerprint density at radius 3 is 2.55 bits per heavy atom. The molecule has 0 atom stereocenters. The molecular formula is C13H15F2N3OS. The van der Waals surface area contributed by atoms with Crippen LogP contribution in [0.15, 0.2) is 24.3 Å². The summed E-state index contributed by atoms with van der Waals surface area (Å²) in [4.78, 5) is 6.36. The van der Waals surface area contributed by atoms with Gasteiger partial charge >= 0.3 is 6.61 Å². The van der Waals surface area contributed by atoms with Crippen LogP contribution in [0.3, 0.4) is 0 Å². The van der Waals surface area contributed by atoms with Crippen LogP contribution in [-0.2, 0) is 13.0 Å². The van der Waals surface area contributed by atoms with E-state index in [2.05, 4.69) is 14.1 Å². The first kappa shape index (κ1) is 14.6. The number of benzene rings is 1. The van der Waals surface area contributed by atoms with Gasteiger partial charge in [0.15, 0.2) is 0 Å². The highest BCUT2D eigenvalue weighted by Gasteiger charge is 2.09. The summed E-state index contributed by atoms with van der Waals surface area (Å²) in [6.45, 7) is -0.154. The molecule has 0 bridgehead atoms. The molecule has 108 valence electrons. The molecule has 0 radical (unpaired) electrons. The summed E-state index contributed by atoms with van der Waals surface area (Å²) >= 11 is 1.35. The van der Waals surface area contributed by atoms with Crippen molar-refractivity contribution in [1.29, 1.82) is 0 Å². The van der Waals surface area contributed by atoms with E-state index in [0.717, 1.165) is 22.9 Å². The molecule has 0 N–H and O–H groups in total. The predicted octanol–water partition coefficient (Wildman–Crippen LogP) is 3.34. The molecule has 2 aromatic rings. The molecule has 0 spiro atoms. The number of rotatable bonds is 6. The van der Waals surface area contributed by atoms with Gasteiger partial charge in [-0.05, 0) is 17.7 Å². The van der Waals surface area contributed by atoms with Crippen molar-refractivity contribution >= 4 is 16.7 Å². The van der Waals surface area contributed by atoms with Gasteiger partial charge in [-0.1, -0.05) is 19.1 Å². The molecule has 0 aliphatic heterocycles. The third kappa shape index (κ3) is 3.86. The van der Waals surface area contributed by atoms with E-state index in [-0.39, 0.29) is 5.75 Å². The third-order valence-electron chi connectivity index (χ3n) is 2.67. The largest absolute Gasteiger partial charge is 0.435 e. The van der Waals surface area contributed by atoms with Crippen molar-refractivity contribution < 1.29 is 13.5 Å². The van der Waals surface area contributed by atoms with Crippen LogP contribution in [0, 0.1) is 0 Å². The van der Waals surface area contributed by atoms with Crippen LogP contribution in [0.2, 0.25) is 0 Å². The molecule has 4 nitrogen and oxygen atoms in total. The van der Waals surface area contributed by atoms with E-state index in [0.29, 0.717) is 6.54 Å². The number of hydrogen-bond donors (Lipinski definition) is 0. The van der Waals surface area contributed by atoms with Crippen LogP contribution in [0.25, 0.3) is 0 Å². The number of anilines is 1. The average molecular weight is 299 g/mol. The highest BCUT2D eigenvalue weighted by molar-refractivity contribution is 7.09. The second-order valence-corrected chi connectivity index (χ2v) is 4.96. The van der Waals surface area contributed by atoms with Crippen LogP contribution >= 0.6 is 11.5 Å². The lowest BCUT2D eigenvalue weighted by Crippen LogP contribution is -2.16. The average Bonchev–Trinajstić information content (AvgIpc) is 2.89. The van der Waals surface area contributed by atoms with Crippen molar-refractivity contribution in [2.75, 3.05) is 11.9 Å². The molecule has 1 aromatic heterocycles. The van der Waals surface area contributed by atoms with Gasteiger partial charge in [-0.2, -0.15) is 13.2 Å². The predicted molar refractivity (Wildman–Crippen MR) is 74.5 cm³/mol. The Labute approximate surface area is 120 Å². The van der Waals surface area contributed by atoms with Gasteiger partial charge in [0.05, 0.1) is 0 Å². The SMILES string of the molecule is CCc1nsc(N(C)Cc2ccc(OC(F)F)cc2)n1. The highest BCUT2D eigenvalue weighted by atomic mass is 32.1. The van der Waals surface area contributed by atoms with Crippen LogP contribution in [0.1, 0.15) is 18.3 Å². The number of aromatic nitrogens is 2. The van der Waals surface area contributed by atoms with Crippen LogP contribution in [-0.4, -0.2) is 23.0 Å². The van der Waals surface area contributed by atoms with Gasteiger partial charge in [0.1, 0.15) is 11.6 Å². The Morgan fingerprint density at radius 2 is 2.00 bits per heavy atom. The fraction of sp³-hybridized carbons (Fsp3) is 0.385. The minimum Gasteiger partial charge on any atom is -0.435 e. The van der Waals surface area contributed by atoms with E-state index in [9.17, 15) is 8.78 Å². The highest BCUT2D eigenvalue weighted by Crippen LogP contribution is 2.20. The molecular weight excluding hydrogens is 284 g/mol. The second-order valence-electron chi connectivity index (χ2n) is 4.23. The summed E-state index contributed by atoms with van der Waals surface area (Å²) in [6, 6.07) is 6.59. The molecule has 7 heteroatoms. The van der Waals surface area contributed by atoms with Gasteiger partial charge in [0, 0.05) is 31.5 Å². The Balaban J connectivity index is 1.98. The first-order chi connectivity index (χ1) is 9.58. The molecule has 0 aliphatic rings. The van der Waals surface area contributed by atoms with Crippen molar-refractivity contribution in [1.82, 2.24) is 9.36 Å². The van der Waals surface area contributed by atoms with Crippen molar-refractivity contribution in [2.45, 2.75) is 26.5 Å². The molecule has 0 amide bonds. The van der Waals surface area contributed by atoms with E-state index in [1.807, 2.05) is 18.9 Å².